The van der Waals surface area contributed by atoms with Gasteiger partial charge in [0.1, 0.15) is 6.04 Å². The van der Waals surface area contributed by atoms with Crippen molar-refractivity contribution in [2.75, 3.05) is 13.7 Å². The van der Waals surface area contributed by atoms with Crippen molar-refractivity contribution in [1.82, 2.24) is 5.32 Å². The summed E-state index contributed by atoms with van der Waals surface area (Å²) in [5.41, 5.74) is 1.36. The predicted octanol–water partition coefficient (Wildman–Crippen LogP) is 2.55. The Labute approximate surface area is 110 Å². The molecule has 1 rings (SSSR count). The topological polar surface area (TPSA) is 38.3 Å². The number of nitrogens with one attached hydrogen (secondary N) is 1. The Bertz CT molecular complexity index is 338. The third-order valence-corrected chi connectivity index (χ3v) is 2.97. The minimum atomic E-state index is -0.166. The summed E-state index contributed by atoms with van der Waals surface area (Å²) in [4.78, 5) is 11.6. The van der Waals surface area contributed by atoms with Crippen molar-refractivity contribution in [2.45, 2.75) is 38.6 Å². The molecule has 1 atom stereocenters. The molecule has 100 valence electrons. The maximum absolute atomic E-state index is 11.6. The second-order valence-electron chi connectivity index (χ2n) is 4.32. The maximum atomic E-state index is 11.6. The summed E-state index contributed by atoms with van der Waals surface area (Å²) in [7, 11) is 1.80. The third-order valence-electron chi connectivity index (χ3n) is 2.97. The summed E-state index contributed by atoms with van der Waals surface area (Å²) < 4.78 is 5.01. The van der Waals surface area contributed by atoms with Gasteiger partial charge in [-0.2, -0.15) is 0 Å². The fraction of sp³-hybridized carbons (Fsp3) is 0.533. The zero-order chi connectivity index (χ0) is 13.2. The van der Waals surface area contributed by atoms with Gasteiger partial charge in [-0.1, -0.05) is 36.8 Å². The van der Waals surface area contributed by atoms with Crippen LogP contribution < -0.4 is 5.32 Å². The SMILES string of the molecule is CCOC(=O)C(CCCCc1ccccc1)NC. The number of esters is 1. The highest BCUT2D eigenvalue weighted by Gasteiger charge is 2.16. The predicted molar refractivity (Wildman–Crippen MR) is 73.5 cm³/mol. The van der Waals surface area contributed by atoms with Crippen LogP contribution in [0, 0.1) is 0 Å². The third kappa shape index (κ3) is 5.32. The number of ether oxygens (including phenoxy) is 1. The number of hydrogen-bond donors (Lipinski definition) is 1. The zero-order valence-electron chi connectivity index (χ0n) is 11.3. The molecule has 1 unspecified atom stereocenters. The van der Waals surface area contributed by atoms with Gasteiger partial charge >= 0.3 is 5.97 Å². The van der Waals surface area contributed by atoms with Crippen molar-refractivity contribution in [3.8, 4) is 0 Å². The van der Waals surface area contributed by atoms with Crippen LogP contribution in [0.25, 0.3) is 0 Å². The smallest absolute Gasteiger partial charge is 0.323 e. The van der Waals surface area contributed by atoms with Crippen molar-refractivity contribution in [2.24, 2.45) is 0 Å². The molecule has 3 nitrogen and oxygen atoms in total. The van der Waals surface area contributed by atoms with Crippen LogP contribution in [-0.2, 0) is 16.0 Å². The summed E-state index contributed by atoms with van der Waals surface area (Å²) in [5, 5.41) is 3.01. The van der Waals surface area contributed by atoms with E-state index in [1.807, 2.05) is 13.0 Å². The van der Waals surface area contributed by atoms with Crippen LogP contribution in [0.15, 0.2) is 30.3 Å². The first-order valence-corrected chi connectivity index (χ1v) is 6.65. The van der Waals surface area contributed by atoms with Crippen LogP contribution >= 0.6 is 0 Å². The van der Waals surface area contributed by atoms with Crippen LogP contribution in [0.1, 0.15) is 31.7 Å². The van der Waals surface area contributed by atoms with Crippen molar-refractivity contribution in [3.05, 3.63) is 35.9 Å². The minimum absolute atomic E-state index is 0.139. The van der Waals surface area contributed by atoms with Gasteiger partial charge in [-0.15, -0.1) is 0 Å². The second kappa shape index (κ2) is 8.70. The maximum Gasteiger partial charge on any atom is 0.323 e. The van der Waals surface area contributed by atoms with E-state index in [1.54, 1.807) is 7.05 Å². The fourth-order valence-corrected chi connectivity index (χ4v) is 1.95. The van der Waals surface area contributed by atoms with Crippen LogP contribution in [-0.4, -0.2) is 25.7 Å². The number of carbonyl (C=O) groups is 1. The number of unbranched alkanes of at least 4 members (excludes halogenated alkanes) is 1. The van der Waals surface area contributed by atoms with Crippen molar-refractivity contribution >= 4 is 5.97 Å². The molecule has 0 aliphatic heterocycles. The molecular formula is C15H23NO2. The molecule has 1 aromatic rings. The van der Waals surface area contributed by atoms with E-state index in [0.29, 0.717) is 6.61 Å². The van der Waals surface area contributed by atoms with Crippen molar-refractivity contribution < 1.29 is 9.53 Å². The second-order valence-corrected chi connectivity index (χ2v) is 4.32. The Morgan fingerprint density at radius 2 is 2.00 bits per heavy atom. The van der Waals surface area contributed by atoms with Crippen LogP contribution in [0.4, 0.5) is 0 Å². The molecule has 0 aromatic heterocycles. The Balaban J connectivity index is 2.21. The molecule has 0 heterocycles. The van der Waals surface area contributed by atoms with E-state index in [4.69, 9.17) is 4.74 Å². The number of aryl methyl sites for hydroxylation is 1. The van der Waals surface area contributed by atoms with Gasteiger partial charge in [-0.3, -0.25) is 4.79 Å². The van der Waals surface area contributed by atoms with Crippen molar-refractivity contribution in [1.29, 1.82) is 0 Å². The molecule has 1 N–H and O–H groups in total. The zero-order valence-corrected chi connectivity index (χ0v) is 11.3. The number of carbonyl (C=O) groups excluding carboxylic acids is 1. The first-order chi connectivity index (χ1) is 8.77. The molecule has 1 aromatic carbocycles. The average molecular weight is 249 g/mol. The summed E-state index contributed by atoms with van der Waals surface area (Å²) in [5.74, 6) is -0.139. The number of hydrogen-bond acceptors (Lipinski definition) is 3. The van der Waals surface area contributed by atoms with Crippen LogP contribution in [0.5, 0.6) is 0 Å². The first kappa shape index (κ1) is 14.7. The van der Waals surface area contributed by atoms with Crippen molar-refractivity contribution in [3.63, 3.8) is 0 Å². The largest absolute Gasteiger partial charge is 0.465 e. The van der Waals surface area contributed by atoms with Gasteiger partial charge in [0.05, 0.1) is 6.61 Å². The summed E-state index contributed by atoms with van der Waals surface area (Å²) >= 11 is 0. The molecule has 0 saturated heterocycles. The van der Waals surface area contributed by atoms with E-state index < -0.39 is 0 Å². The molecule has 18 heavy (non-hydrogen) atoms. The molecule has 0 aliphatic carbocycles. The average Bonchev–Trinajstić information content (AvgIpc) is 2.40. The summed E-state index contributed by atoms with van der Waals surface area (Å²) in [6.07, 6.45) is 4.03. The molecular weight excluding hydrogens is 226 g/mol. The van der Waals surface area contributed by atoms with Gasteiger partial charge in [-0.25, -0.2) is 0 Å². The standard InChI is InChI=1S/C15H23NO2/c1-3-18-15(17)14(16-2)12-8-7-11-13-9-5-4-6-10-13/h4-6,9-10,14,16H,3,7-8,11-12H2,1-2H3. The Morgan fingerprint density at radius 3 is 2.61 bits per heavy atom. The Kier molecular flexibility index (Phi) is 7.11. The Morgan fingerprint density at radius 1 is 1.28 bits per heavy atom. The van der Waals surface area contributed by atoms with Gasteiger partial charge in [0.25, 0.3) is 0 Å². The fourth-order valence-electron chi connectivity index (χ4n) is 1.95. The van der Waals surface area contributed by atoms with E-state index in [2.05, 4.69) is 29.6 Å². The van der Waals surface area contributed by atoms with Gasteiger partial charge in [0.15, 0.2) is 0 Å². The normalized spacial score (nSPS) is 12.1. The minimum Gasteiger partial charge on any atom is -0.465 e. The lowest BCUT2D eigenvalue weighted by atomic mass is 10.0. The highest BCUT2D eigenvalue weighted by molar-refractivity contribution is 5.75. The van der Waals surface area contributed by atoms with Crippen LogP contribution in [0.2, 0.25) is 0 Å². The monoisotopic (exact) mass is 249 g/mol. The summed E-state index contributed by atoms with van der Waals surface area (Å²) in [6.45, 7) is 2.28. The summed E-state index contributed by atoms with van der Waals surface area (Å²) in [6, 6.07) is 10.3. The molecule has 0 radical (unpaired) electrons. The molecule has 0 bridgehead atoms. The van der Waals surface area contributed by atoms with E-state index in [-0.39, 0.29) is 12.0 Å². The molecule has 0 fully saturated rings. The van der Waals surface area contributed by atoms with Gasteiger partial charge in [0.2, 0.25) is 0 Å². The van der Waals surface area contributed by atoms with E-state index in [0.717, 1.165) is 25.7 Å². The molecule has 0 amide bonds. The van der Waals surface area contributed by atoms with Crippen LogP contribution in [0.3, 0.4) is 0 Å². The highest BCUT2D eigenvalue weighted by Crippen LogP contribution is 2.08. The lowest BCUT2D eigenvalue weighted by molar-refractivity contribution is -0.145. The number of likely N-dealkylation sites (N-methyl/N-ethyl adjacent to an activating group) is 1. The number of benzene rings is 1. The first-order valence-electron chi connectivity index (χ1n) is 6.65. The van der Waals surface area contributed by atoms with Gasteiger partial charge < -0.3 is 10.1 Å². The van der Waals surface area contributed by atoms with E-state index >= 15 is 0 Å². The lowest BCUT2D eigenvalue weighted by Gasteiger charge is -2.14. The molecule has 0 aliphatic rings. The molecule has 0 saturated carbocycles. The van der Waals surface area contributed by atoms with Gasteiger partial charge in [0, 0.05) is 0 Å². The molecule has 0 spiro atoms. The van der Waals surface area contributed by atoms with Gasteiger partial charge in [-0.05, 0) is 38.8 Å². The molecule has 3 heteroatoms. The quantitative estimate of drug-likeness (QED) is 0.568. The Hall–Kier alpha value is -1.35. The highest BCUT2D eigenvalue weighted by atomic mass is 16.5. The lowest BCUT2D eigenvalue weighted by Crippen LogP contribution is -2.35. The van der Waals surface area contributed by atoms with E-state index in [1.165, 1.54) is 5.56 Å². The van der Waals surface area contributed by atoms with E-state index in [9.17, 15) is 4.79 Å². The number of rotatable bonds is 8.